The molecule has 1 aromatic heterocycles. The van der Waals surface area contributed by atoms with E-state index in [1.165, 1.54) is 6.26 Å². The molecule has 0 N–H and O–H groups in total. The van der Waals surface area contributed by atoms with Gasteiger partial charge in [-0.15, -0.1) is 0 Å². The third kappa shape index (κ3) is 1.63. The van der Waals surface area contributed by atoms with Crippen molar-refractivity contribution in [2.75, 3.05) is 5.75 Å². The van der Waals surface area contributed by atoms with E-state index in [2.05, 4.69) is 0 Å². The second-order valence-electron chi connectivity index (χ2n) is 4.91. The van der Waals surface area contributed by atoms with Crippen molar-refractivity contribution in [2.45, 2.75) is 24.0 Å². The third-order valence-electron chi connectivity index (χ3n) is 3.77. The van der Waals surface area contributed by atoms with Gasteiger partial charge in [-0.05, 0) is 12.1 Å². The van der Waals surface area contributed by atoms with E-state index in [-0.39, 0.29) is 24.4 Å². The SMILES string of the molecule is O=C1CC2C(=O)CS(=O)(=O)C2[C@H](c2ccco2)C1. The summed E-state index contributed by atoms with van der Waals surface area (Å²) in [5, 5.41) is -0.783. The summed E-state index contributed by atoms with van der Waals surface area (Å²) in [7, 11) is -3.46. The topological polar surface area (TPSA) is 81.4 Å². The minimum absolute atomic E-state index is 0.0555. The van der Waals surface area contributed by atoms with Gasteiger partial charge in [0.25, 0.3) is 0 Å². The average Bonchev–Trinajstić information content (AvgIpc) is 2.86. The van der Waals surface area contributed by atoms with Gasteiger partial charge in [0.05, 0.1) is 11.5 Å². The molecule has 2 fully saturated rings. The molecule has 1 aliphatic carbocycles. The number of Topliss-reactive ketones (excluding diaryl/α,β-unsaturated/α-hetero) is 2. The Bertz CT molecular complexity index is 598. The lowest BCUT2D eigenvalue weighted by Gasteiger charge is -2.29. The van der Waals surface area contributed by atoms with Gasteiger partial charge in [-0.1, -0.05) is 0 Å². The number of sulfone groups is 1. The summed E-state index contributed by atoms with van der Waals surface area (Å²) in [6.45, 7) is 0. The van der Waals surface area contributed by atoms with Crippen molar-refractivity contribution in [2.24, 2.45) is 5.92 Å². The van der Waals surface area contributed by atoms with E-state index < -0.39 is 32.7 Å². The first-order valence-corrected chi connectivity index (χ1v) is 7.50. The number of furan rings is 1. The number of rotatable bonds is 1. The van der Waals surface area contributed by atoms with Gasteiger partial charge in [0.1, 0.15) is 17.3 Å². The summed E-state index contributed by atoms with van der Waals surface area (Å²) >= 11 is 0. The molecule has 3 rings (SSSR count). The van der Waals surface area contributed by atoms with Crippen LogP contribution in [-0.4, -0.2) is 31.0 Å². The molecule has 0 aromatic carbocycles. The number of hydrogen-bond acceptors (Lipinski definition) is 5. The first kappa shape index (κ1) is 11.6. The van der Waals surface area contributed by atoms with E-state index in [0.717, 1.165) is 0 Å². The van der Waals surface area contributed by atoms with Crippen molar-refractivity contribution in [3.63, 3.8) is 0 Å². The maximum absolute atomic E-state index is 12.0. The van der Waals surface area contributed by atoms with Crippen molar-refractivity contribution in [3.05, 3.63) is 24.2 Å². The molecule has 18 heavy (non-hydrogen) atoms. The van der Waals surface area contributed by atoms with Crippen LogP contribution in [0.15, 0.2) is 22.8 Å². The zero-order valence-corrected chi connectivity index (χ0v) is 10.4. The molecule has 2 heterocycles. The zero-order valence-electron chi connectivity index (χ0n) is 9.53. The molecule has 1 saturated heterocycles. The molecule has 0 amide bonds. The van der Waals surface area contributed by atoms with Gasteiger partial charge >= 0.3 is 0 Å². The average molecular weight is 268 g/mol. The van der Waals surface area contributed by atoms with Crippen molar-refractivity contribution < 1.29 is 22.4 Å². The van der Waals surface area contributed by atoms with Crippen LogP contribution >= 0.6 is 0 Å². The van der Waals surface area contributed by atoms with E-state index in [0.29, 0.717) is 5.76 Å². The Morgan fingerprint density at radius 1 is 1.17 bits per heavy atom. The molecule has 2 unspecified atom stereocenters. The lowest BCUT2D eigenvalue weighted by molar-refractivity contribution is -0.128. The van der Waals surface area contributed by atoms with Gasteiger partial charge in [-0.3, -0.25) is 9.59 Å². The number of fused-ring (bicyclic) bond motifs is 1. The lowest BCUT2D eigenvalue weighted by Crippen LogP contribution is -2.38. The van der Waals surface area contributed by atoms with Gasteiger partial charge in [0.2, 0.25) is 0 Å². The van der Waals surface area contributed by atoms with Gasteiger partial charge < -0.3 is 4.42 Å². The van der Waals surface area contributed by atoms with Gasteiger partial charge in [-0.2, -0.15) is 0 Å². The largest absolute Gasteiger partial charge is 0.469 e. The molecular formula is C12H12O5S. The molecular weight excluding hydrogens is 256 g/mol. The summed E-state index contributed by atoms with van der Waals surface area (Å²) < 4.78 is 29.3. The van der Waals surface area contributed by atoms with E-state index in [1.54, 1.807) is 12.1 Å². The summed E-state index contributed by atoms with van der Waals surface area (Å²) in [6.07, 6.45) is 1.65. The van der Waals surface area contributed by atoms with Crippen LogP contribution in [0.5, 0.6) is 0 Å². The van der Waals surface area contributed by atoms with E-state index in [9.17, 15) is 18.0 Å². The molecule has 96 valence electrons. The third-order valence-corrected chi connectivity index (χ3v) is 5.94. The molecule has 2 aliphatic rings. The van der Waals surface area contributed by atoms with Crippen molar-refractivity contribution >= 4 is 21.4 Å². The summed E-state index contributed by atoms with van der Waals surface area (Å²) in [6, 6.07) is 3.32. The highest BCUT2D eigenvalue weighted by Crippen LogP contribution is 2.43. The van der Waals surface area contributed by atoms with Crippen molar-refractivity contribution in [1.29, 1.82) is 0 Å². The maximum Gasteiger partial charge on any atom is 0.161 e. The molecule has 1 aromatic rings. The highest BCUT2D eigenvalue weighted by molar-refractivity contribution is 7.93. The predicted octanol–water partition coefficient (Wildman–Crippen LogP) is 0.708. The Labute approximate surface area is 104 Å². The summed E-state index contributed by atoms with van der Waals surface area (Å²) in [5.74, 6) is -1.54. The molecule has 0 spiro atoms. The smallest absolute Gasteiger partial charge is 0.161 e. The van der Waals surface area contributed by atoms with E-state index in [4.69, 9.17) is 4.42 Å². The molecule has 6 heteroatoms. The number of hydrogen-bond donors (Lipinski definition) is 0. The van der Waals surface area contributed by atoms with Crippen LogP contribution in [0.4, 0.5) is 0 Å². The fraction of sp³-hybridized carbons (Fsp3) is 0.500. The van der Waals surface area contributed by atoms with Crippen molar-refractivity contribution in [1.82, 2.24) is 0 Å². The quantitative estimate of drug-likeness (QED) is 0.749. The van der Waals surface area contributed by atoms with Crippen molar-refractivity contribution in [3.8, 4) is 0 Å². The van der Waals surface area contributed by atoms with E-state index in [1.807, 2.05) is 0 Å². The highest BCUT2D eigenvalue weighted by atomic mass is 32.2. The molecule has 3 atom stereocenters. The monoisotopic (exact) mass is 268 g/mol. The van der Waals surface area contributed by atoms with Crippen LogP contribution in [-0.2, 0) is 19.4 Å². The Hall–Kier alpha value is -1.43. The standard InChI is InChI=1S/C12H12O5S/c13-7-4-8-10(14)6-18(15,16)12(8)9(5-7)11-2-1-3-17-11/h1-3,8-9,12H,4-6H2/t8?,9-,12?/m0/s1. The van der Waals surface area contributed by atoms with Gasteiger partial charge in [-0.25, -0.2) is 8.42 Å². The molecule has 0 bridgehead atoms. The fourth-order valence-corrected chi connectivity index (χ4v) is 5.33. The van der Waals surface area contributed by atoms with Crippen LogP contribution in [0, 0.1) is 5.92 Å². The highest BCUT2D eigenvalue weighted by Gasteiger charge is 2.54. The Morgan fingerprint density at radius 3 is 2.56 bits per heavy atom. The summed E-state index contributed by atoms with van der Waals surface area (Å²) in [4.78, 5) is 23.4. The first-order chi connectivity index (χ1) is 8.49. The molecule has 1 aliphatic heterocycles. The van der Waals surface area contributed by atoms with E-state index >= 15 is 0 Å². The van der Waals surface area contributed by atoms with Crippen LogP contribution in [0.1, 0.15) is 24.5 Å². The predicted molar refractivity (Wildman–Crippen MR) is 61.8 cm³/mol. The second-order valence-corrected chi connectivity index (χ2v) is 7.07. The summed E-state index contributed by atoms with van der Waals surface area (Å²) in [5.41, 5.74) is 0. The first-order valence-electron chi connectivity index (χ1n) is 5.78. The zero-order chi connectivity index (χ0) is 12.9. The maximum atomic E-state index is 12.0. The minimum Gasteiger partial charge on any atom is -0.469 e. The van der Waals surface area contributed by atoms with Gasteiger partial charge in [0, 0.05) is 24.7 Å². The number of ketones is 2. The lowest BCUT2D eigenvalue weighted by atomic mass is 9.77. The molecule has 1 saturated carbocycles. The fourth-order valence-electron chi connectivity index (χ4n) is 3.05. The normalized spacial score (nSPS) is 34.6. The van der Waals surface area contributed by atoms with Crippen LogP contribution < -0.4 is 0 Å². The van der Waals surface area contributed by atoms with Crippen LogP contribution in [0.25, 0.3) is 0 Å². The minimum atomic E-state index is -3.46. The molecule has 5 nitrogen and oxygen atoms in total. The number of carbonyl (C=O) groups excluding carboxylic acids is 2. The molecule has 0 radical (unpaired) electrons. The second kappa shape index (κ2) is 3.78. The Balaban J connectivity index is 2.08. The van der Waals surface area contributed by atoms with Crippen LogP contribution in [0.2, 0.25) is 0 Å². The van der Waals surface area contributed by atoms with Crippen LogP contribution in [0.3, 0.4) is 0 Å². The number of carbonyl (C=O) groups is 2. The Morgan fingerprint density at radius 2 is 1.89 bits per heavy atom. The Kier molecular flexibility index (Phi) is 2.45. The van der Waals surface area contributed by atoms with Gasteiger partial charge in [0.15, 0.2) is 15.6 Å².